The van der Waals surface area contributed by atoms with Gasteiger partial charge in [0.2, 0.25) is 0 Å². The van der Waals surface area contributed by atoms with Crippen LogP contribution in [0.4, 0.5) is 0 Å². The van der Waals surface area contributed by atoms with Crippen molar-refractivity contribution in [1.82, 2.24) is 14.1 Å². The van der Waals surface area contributed by atoms with Crippen molar-refractivity contribution in [3.05, 3.63) is 51.4 Å². The maximum absolute atomic E-state index is 11.9. The second-order valence-corrected chi connectivity index (χ2v) is 5.03. The Morgan fingerprint density at radius 3 is 2.94 bits per heavy atom. The second kappa shape index (κ2) is 4.87. The van der Waals surface area contributed by atoms with Crippen LogP contribution in [-0.4, -0.2) is 14.1 Å². The SMILES string of the molecule is CC(C)n1cncc1Cn1cccc(Br)c1=O. The van der Waals surface area contributed by atoms with Gasteiger partial charge in [0.1, 0.15) is 0 Å². The fourth-order valence-electron chi connectivity index (χ4n) is 1.73. The molecule has 0 bridgehead atoms. The molecule has 0 unspecified atom stereocenters. The zero-order chi connectivity index (χ0) is 12.4. The van der Waals surface area contributed by atoms with Crippen LogP contribution in [0, 0.1) is 0 Å². The number of pyridine rings is 1. The monoisotopic (exact) mass is 295 g/mol. The van der Waals surface area contributed by atoms with Crippen LogP contribution < -0.4 is 5.56 Å². The third-order valence-electron chi connectivity index (χ3n) is 2.61. The van der Waals surface area contributed by atoms with Crippen LogP contribution in [0.15, 0.2) is 40.1 Å². The number of aromatic nitrogens is 3. The standard InChI is InChI=1S/C12H14BrN3O/c1-9(2)16-8-14-6-10(16)7-15-5-3-4-11(13)12(15)17/h3-6,8-9H,7H2,1-2H3. The van der Waals surface area contributed by atoms with Gasteiger partial charge in [-0.25, -0.2) is 4.98 Å². The number of rotatable bonds is 3. The lowest BCUT2D eigenvalue weighted by atomic mass is 10.3. The van der Waals surface area contributed by atoms with Gasteiger partial charge in [0.25, 0.3) is 5.56 Å². The predicted octanol–water partition coefficient (Wildman–Crippen LogP) is 2.44. The van der Waals surface area contributed by atoms with Crippen LogP contribution in [0.2, 0.25) is 0 Å². The van der Waals surface area contributed by atoms with Crippen molar-refractivity contribution in [2.45, 2.75) is 26.4 Å². The molecular weight excluding hydrogens is 282 g/mol. The van der Waals surface area contributed by atoms with Crippen LogP contribution >= 0.6 is 15.9 Å². The molecule has 4 nitrogen and oxygen atoms in total. The maximum atomic E-state index is 11.9. The molecule has 0 aliphatic rings. The number of nitrogens with zero attached hydrogens (tertiary/aromatic N) is 3. The average molecular weight is 296 g/mol. The smallest absolute Gasteiger partial charge is 0.265 e. The molecule has 0 fully saturated rings. The highest BCUT2D eigenvalue weighted by molar-refractivity contribution is 9.10. The van der Waals surface area contributed by atoms with Gasteiger partial charge >= 0.3 is 0 Å². The second-order valence-electron chi connectivity index (χ2n) is 4.18. The number of hydrogen-bond donors (Lipinski definition) is 0. The highest BCUT2D eigenvalue weighted by Crippen LogP contribution is 2.10. The lowest BCUT2D eigenvalue weighted by molar-refractivity contribution is 0.557. The number of halogens is 1. The molecule has 0 atom stereocenters. The lowest BCUT2D eigenvalue weighted by Crippen LogP contribution is -2.21. The van der Waals surface area contributed by atoms with Crippen molar-refractivity contribution in [3.63, 3.8) is 0 Å². The lowest BCUT2D eigenvalue weighted by Gasteiger charge is -2.12. The Hall–Kier alpha value is -1.36. The summed E-state index contributed by atoms with van der Waals surface area (Å²) >= 11 is 3.24. The Bertz CT molecular complexity index is 571. The molecule has 0 aromatic carbocycles. The van der Waals surface area contributed by atoms with Crippen molar-refractivity contribution >= 4 is 15.9 Å². The van der Waals surface area contributed by atoms with E-state index < -0.39 is 0 Å². The molecule has 0 spiro atoms. The molecule has 17 heavy (non-hydrogen) atoms. The van der Waals surface area contributed by atoms with Gasteiger partial charge in [-0.3, -0.25) is 4.79 Å². The highest BCUT2D eigenvalue weighted by atomic mass is 79.9. The summed E-state index contributed by atoms with van der Waals surface area (Å²) in [6.45, 7) is 4.72. The molecule has 0 radical (unpaired) electrons. The summed E-state index contributed by atoms with van der Waals surface area (Å²) in [4.78, 5) is 16.0. The van der Waals surface area contributed by atoms with E-state index in [0.717, 1.165) is 5.69 Å². The molecule has 5 heteroatoms. The summed E-state index contributed by atoms with van der Waals surface area (Å²) in [5.74, 6) is 0. The summed E-state index contributed by atoms with van der Waals surface area (Å²) in [7, 11) is 0. The first kappa shape index (κ1) is 12.1. The van der Waals surface area contributed by atoms with E-state index in [4.69, 9.17) is 0 Å². The normalized spacial score (nSPS) is 11.1. The molecule has 0 saturated carbocycles. The van der Waals surface area contributed by atoms with Crippen LogP contribution in [0.1, 0.15) is 25.6 Å². The third-order valence-corrected chi connectivity index (χ3v) is 3.21. The molecule has 90 valence electrons. The van der Waals surface area contributed by atoms with E-state index in [1.54, 1.807) is 29.4 Å². The highest BCUT2D eigenvalue weighted by Gasteiger charge is 2.07. The quantitative estimate of drug-likeness (QED) is 0.872. The van der Waals surface area contributed by atoms with Gasteiger partial charge in [-0.2, -0.15) is 0 Å². The molecule has 0 aliphatic carbocycles. The minimum Gasteiger partial charge on any atom is -0.330 e. The van der Waals surface area contributed by atoms with Crippen molar-refractivity contribution in [1.29, 1.82) is 0 Å². The van der Waals surface area contributed by atoms with Gasteiger partial charge in [-0.1, -0.05) is 0 Å². The first-order chi connectivity index (χ1) is 8.09. The molecule has 0 saturated heterocycles. The van der Waals surface area contributed by atoms with Gasteiger partial charge < -0.3 is 9.13 Å². The topological polar surface area (TPSA) is 39.8 Å². The summed E-state index contributed by atoms with van der Waals surface area (Å²) < 4.78 is 4.31. The van der Waals surface area contributed by atoms with Gasteiger partial charge in [0.15, 0.2) is 0 Å². The molecule has 2 heterocycles. The number of hydrogen-bond acceptors (Lipinski definition) is 2. The van der Waals surface area contributed by atoms with Crippen molar-refractivity contribution in [2.75, 3.05) is 0 Å². The molecule has 2 rings (SSSR count). The van der Waals surface area contributed by atoms with Gasteiger partial charge in [0.05, 0.1) is 23.0 Å². The molecule has 0 N–H and O–H groups in total. The maximum Gasteiger partial charge on any atom is 0.265 e. The largest absolute Gasteiger partial charge is 0.330 e. The van der Waals surface area contributed by atoms with E-state index in [1.807, 2.05) is 6.07 Å². The molecule has 2 aromatic heterocycles. The van der Waals surface area contributed by atoms with E-state index in [1.165, 1.54) is 0 Å². The minimum absolute atomic E-state index is 0.0241. The zero-order valence-corrected chi connectivity index (χ0v) is 11.4. The van der Waals surface area contributed by atoms with Crippen LogP contribution in [0.5, 0.6) is 0 Å². The van der Waals surface area contributed by atoms with Crippen LogP contribution in [-0.2, 0) is 6.54 Å². The van der Waals surface area contributed by atoms with Crippen molar-refractivity contribution < 1.29 is 0 Å². The van der Waals surface area contributed by atoms with Gasteiger partial charge in [-0.05, 0) is 41.9 Å². The van der Waals surface area contributed by atoms with Gasteiger partial charge in [0, 0.05) is 18.4 Å². The Morgan fingerprint density at radius 1 is 1.47 bits per heavy atom. The molecule has 0 amide bonds. The summed E-state index contributed by atoms with van der Waals surface area (Å²) in [6.07, 6.45) is 5.38. The first-order valence-corrected chi connectivity index (χ1v) is 6.24. The van der Waals surface area contributed by atoms with Crippen molar-refractivity contribution in [3.8, 4) is 0 Å². The summed E-state index contributed by atoms with van der Waals surface area (Å²) in [5, 5.41) is 0. The Labute approximate surface area is 108 Å². The average Bonchev–Trinajstić information content (AvgIpc) is 2.73. The van der Waals surface area contributed by atoms with E-state index >= 15 is 0 Å². The minimum atomic E-state index is -0.0241. The predicted molar refractivity (Wildman–Crippen MR) is 70.1 cm³/mol. The van der Waals surface area contributed by atoms with E-state index in [0.29, 0.717) is 17.1 Å². The Balaban J connectivity index is 2.35. The first-order valence-electron chi connectivity index (χ1n) is 5.45. The third kappa shape index (κ3) is 2.49. The zero-order valence-electron chi connectivity index (χ0n) is 9.80. The molecule has 0 aliphatic heterocycles. The molecular formula is C12H14BrN3O. The van der Waals surface area contributed by atoms with E-state index in [9.17, 15) is 4.79 Å². The van der Waals surface area contributed by atoms with E-state index in [-0.39, 0.29) is 5.56 Å². The van der Waals surface area contributed by atoms with Crippen molar-refractivity contribution in [2.24, 2.45) is 0 Å². The summed E-state index contributed by atoms with van der Waals surface area (Å²) in [6, 6.07) is 3.94. The van der Waals surface area contributed by atoms with Crippen LogP contribution in [0.3, 0.4) is 0 Å². The Kier molecular flexibility index (Phi) is 3.47. The van der Waals surface area contributed by atoms with Crippen LogP contribution in [0.25, 0.3) is 0 Å². The fourth-order valence-corrected chi connectivity index (χ4v) is 2.11. The van der Waals surface area contributed by atoms with E-state index in [2.05, 4.69) is 39.3 Å². The molecule has 2 aromatic rings. The van der Waals surface area contributed by atoms with Gasteiger partial charge in [-0.15, -0.1) is 0 Å². The Morgan fingerprint density at radius 2 is 2.24 bits per heavy atom. The fraction of sp³-hybridized carbons (Fsp3) is 0.333. The number of imidazole rings is 1. The summed E-state index contributed by atoms with van der Waals surface area (Å²) in [5.41, 5.74) is 1.00.